The van der Waals surface area contributed by atoms with Gasteiger partial charge in [-0.05, 0) is 18.6 Å². The summed E-state index contributed by atoms with van der Waals surface area (Å²) in [5.74, 6) is 0. The van der Waals surface area contributed by atoms with E-state index in [0.717, 1.165) is 11.1 Å². The first-order valence-electron chi connectivity index (χ1n) is 5.65. The number of aromatic nitrogens is 1. The molecule has 0 aliphatic rings. The van der Waals surface area contributed by atoms with Crippen LogP contribution in [0.25, 0.3) is 6.08 Å². The van der Waals surface area contributed by atoms with Crippen molar-refractivity contribution < 1.29 is 0 Å². The van der Waals surface area contributed by atoms with Gasteiger partial charge in [-0.1, -0.05) is 48.6 Å². The van der Waals surface area contributed by atoms with E-state index in [2.05, 4.69) is 0 Å². The molecule has 0 aliphatic heterocycles. The van der Waals surface area contributed by atoms with E-state index in [4.69, 9.17) is 0 Å². The maximum Gasteiger partial charge on any atom is 0.253 e. The molecule has 0 saturated carbocycles. The summed E-state index contributed by atoms with van der Waals surface area (Å²) in [5, 5.41) is 0. The van der Waals surface area contributed by atoms with Crippen LogP contribution in [0.3, 0.4) is 0 Å². The number of allylic oxidation sites excluding steroid dienone is 1. The van der Waals surface area contributed by atoms with Crippen LogP contribution in [0.2, 0.25) is 0 Å². The lowest BCUT2D eigenvalue weighted by Gasteiger charge is -2.02. The van der Waals surface area contributed by atoms with Crippen LogP contribution >= 0.6 is 0 Å². The normalized spacial score (nSPS) is 10.9. The molecule has 0 spiro atoms. The third kappa shape index (κ3) is 2.94. The van der Waals surface area contributed by atoms with Gasteiger partial charge in [-0.2, -0.15) is 0 Å². The fraction of sp³-hybridized carbons (Fsp3) is 0.133. The first-order chi connectivity index (χ1) is 8.27. The fourth-order valence-electron chi connectivity index (χ4n) is 1.67. The molecule has 0 aliphatic carbocycles. The van der Waals surface area contributed by atoms with Gasteiger partial charge in [0, 0.05) is 18.3 Å². The molecular formula is C15H15NO. The molecule has 17 heavy (non-hydrogen) atoms. The largest absolute Gasteiger partial charge is 0.311 e. The average molecular weight is 225 g/mol. The minimum Gasteiger partial charge on any atom is -0.311 e. The molecule has 0 unspecified atom stereocenters. The van der Waals surface area contributed by atoms with Crippen molar-refractivity contribution in [2.45, 2.75) is 13.5 Å². The minimum atomic E-state index is 0.0743. The van der Waals surface area contributed by atoms with Gasteiger partial charge in [-0.15, -0.1) is 0 Å². The summed E-state index contributed by atoms with van der Waals surface area (Å²) in [6, 6.07) is 13.8. The molecule has 86 valence electrons. The lowest BCUT2D eigenvalue weighted by Crippen LogP contribution is -2.20. The Balaban J connectivity index is 2.11. The average Bonchev–Trinajstić information content (AvgIpc) is 2.36. The molecule has 0 amide bonds. The summed E-state index contributed by atoms with van der Waals surface area (Å²) in [4.78, 5) is 11.7. The van der Waals surface area contributed by atoms with Crippen LogP contribution in [-0.4, -0.2) is 4.57 Å². The molecule has 0 atom stereocenters. The number of nitrogens with zero attached hydrogens (tertiary/aromatic N) is 1. The van der Waals surface area contributed by atoms with Crippen LogP contribution in [0.4, 0.5) is 0 Å². The van der Waals surface area contributed by atoms with Gasteiger partial charge in [-0.25, -0.2) is 0 Å². The van der Waals surface area contributed by atoms with E-state index in [1.54, 1.807) is 4.57 Å². The molecule has 2 heteroatoms. The molecule has 0 N–H and O–H groups in total. The zero-order chi connectivity index (χ0) is 12.1. The lowest BCUT2D eigenvalue weighted by atomic mass is 10.2. The molecule has 1 aromatic carbocycles. The highest BCUT2D eigenvalue weighted by molar-refractivity contribution is 5.48. The summed E-state index contributed by atoms with van der Waals surface area (Å²) < 4.78 is 1.70. The van der Waals surface area contributed by atoms with Gasteiger partial charge < -0.3 is 4.57 Å². The number of benzene rings is 1. The smallest absolute Gasteiger partial charge is 0.253 e. The predicted octanol–water partition coefficient (Wildman–Crippen LogP) is 2.87. The first kappa shape index (κ1) is 11.4. The molecule has 2 aromatic rings. The summed E-state index contributed by atoms with van der Waals surface area (Å²) >= 11 is 0. The second-order valence-corrected chi connectivity index (χ2v) is 3.96. The maximum absolute atomic E-state index is 11.7. The molecule has 2 nitrogen and oxygen atoms in total. The van der Waals surface area contributed by atoms with Gasteiger partial charge >= 0.3 is 0 Å². The number of hydrogen-bond acceptors (Lipinski definition) is 1. The molecule has 0 bridgehead atoms. The topological polar surface area (TPSA) is 22.0 Å². The van der Waals surface area contributed by atoms with Gasteiger partial charge in [0.1, 0.15) is 0 Å². The zero-order valence-electron chi connectivity index (χ0n) is 9.84. The van der Waals surface area contributed by atoms with Crippen LogP contribution in [0, 0.1) is 6.92 Å². The monoisotopic (exact) mass is 225 g/mol. The minimum absolute atomic E-state index is 0.0743. The predicted molar refractivity (Wildman–Crippen MR) is 70.9 cm³/mol. The summed E-state index contributed by atoms with van der Waals surface area (Å²) in [6.45, 7) is 2.44. The number of aryl methyl sites for hydroxylation is 1. The van der Waals surface area contributed by atoms with E-state index in [0.29, 0.717) is 6.54 Å². The Hall–Kier alpha value is -2.09. The van der Waals surface area contributed by atoms with E-state index in [1.807, 2.05) is 67.7 Å². The highest BCUT2D eigenvalue weighted by Gasteiger charge is 1.95. The van der Waals surface area contributed by atoms with E-state index in [1.165, 1.54) is 0 Å². The van der Waals surface area contributed by atoms with Gasteiger partial charge in [-0.3, -0.25) is 4.79 Å². The van der Waals surface area contributed by atoms with Crippen LogP contribution in [-0.2, 0) is 6.54 Å². The first-order valence-corrected chi connectivity index (χ1v) is 5.65. The molecular weight excluding hydrogens is 210 g/mol. The van der Waals surface area contributed by atoms with Crippen molar-refractivity contribution in [2.75, 3.05) is 0 Å². The Kier molecular flexibility index (Phi) is 3.55. The molecule has 2 rings (SSSR count). The van der Waals surface area contributed by atoms with Crippen molar-refractivity contribution in [3.63, 3.8) is 0 Å². The molecule has 0 radical (unpaired) electrons. The zero-order valence-corrected chi connectivity index (χ0v) is 9.84. The van der Waals surface area contributed by atoms with Crippen molar-refractivity contribution in [3.05, 3.63) is 76.2 Å². The van der Waals surface area contributed by atoms with Crippen LogP contribution in [0.1, 0.15) is 11.1 Å². The van der Waals surface area contributed by atoms with E-state index < -0.39 is 0 Å². The standard InChI is InChI=1S/C15H15NO/c1-13-7-5-11-16(15(13)17)12-6-10-14-8-3-2-4-9-14/h2-11H,12H2,1H3/b10-6+. The number of hydrogen-bond donors (Lipinski definition) is 0. The van der Waals surface area contributed by atoms with Gasteiger partial charge in [0.15, 0.2) is 0 Å². The highest BCUT2D eigenvalue weighted by Crippen LogP contribution is 2.01. The van der Waals surface area contributed by atoms with E-state index in [9.17, 15) is 4.79 Å². The summed E-state index contributed by atoms with van der Waals surface area (Å²) in [7, 11) is 0. The SMILES string of the molecule is Cc1cccn(C/C=C/c2ccccc2)c1=O. The lowest BCUT2D eigenvalue weighted by molar-refractivity contribution is 0.773. The van der Waals surface area contributed by atoms with Crippen LogP contribution in [0.5, 0.6) is 0 Å². The van der Waals surface area contributed by atoms with Crippen LogP contribution < -0.4 is 5.56 Å². The number of pyridine rings is 1. The molecule has 0 fully saturated rings. The third-order valence-electron chi connectivity index (χ3n) is 2.62. The Labute approximate surface area is 101 Å². The molecule has 1 heterocycles. The van der Waals surface area contributed by atoms with Crippen LogP contribution in [0.15, 0.2) is 59.5 Å². The molecule has 0 saturated heterocycles. The van der Waals surface area contributed by atoms with E-state index >= 15 is 0 Å². The second-order valence-electron chi connectivity index (χ2n) is 3.96. The second kappa shape index (κ2) is 5.30. The third-order valence-corrected chi connectivity index (χ3v) is 2.62. The Morgan fingerprint density at radius 1 is 1.12 bits per heavy atom. The van der Waals surface area contributed by atoms with Crippen molar-refractivity contribution in [1.29, 1.82) is 0 Å². The highest BCUT2D eigenvalue weighted by atomic mass is 16.1. The summed E-state index contributed by atoms with van der Waals surface area (Å²) in [6.07, 6.45) is 5.83. The maximum atomic E-state index is 11.7. The quantitative estimate of drug-likeness (QED) is 0.787. The van der Waals surface area contributed by atoms with Crippen molar-refractivity contribution in [3.8, 4) is 0 Å². The Morgan fingerprint density at radius 2 is 1.88 bits per heavy atom. The van der Waals surface area contributed by atoms with Crippen molar-refractivity contribution >= 4 is 6.08 Å². The Morgan fingerprint density at radius 3 is 2.65 bits per heavy atom. The fourth-order valence-corrected chi connectivity index (χ4v) is 1.67. The van der Waals surface area contributed by atoms with Crippen molar-refractivity contribution in [2.24, 2.45) is 0 Å². The van der Waals surface area contributed by atoms with E-state index in [-0.39, 0.29) is 5.56 Å². The molecule has 1 aromatic heterocycles. The van der Waals surface area contributed by atoms with Gasteiger partial charge in [0.25, 0.3) is 5.56 Å². The van der Waals surface area contributed by atoms with Gasteiger partial charge in [0.05, 0.1) is 0 Å². The van der Waals surface area contributed by atoms with Crippen molar-refractivity contribution in [1.82, 2.24) is 4.57 Å². The summed E-state index contributed by atoms with van der Waals surface area (Å²) in [5.41, 5.74) is 2.00. The van der Waals surface area contributed by atoms with Gasteiger partial charge in [0.2, 0.25) is 0 Å². The number of rotatable bonds is 3. The Bertz CT molecular complexity index is 567.